The third-order valence-electron chi connectivity index (χ3n) is 6.87. The number of nitrogens with zero attached hydrogens (tertiary/aromatic N) is 3. The molecule has 0 aliphatic carbocycles. The van der Waals surface area contributed by atoms with Gasteiger partial charge in [0.1, 0.15) is 5.69 Å². The van der Waals surface area contributed by atoms with Crippen LogP contribution in [0, 0.1) is 5.92 Å². The Bertz CT molecular complexity index is 1070. The third kappa shape index (κ3) is 4.99. The van der Waals surface area contributed by atoms with E-state index in [1.165, 1.54) is 22.6 Å². The molecule has 0 saturated carbocycles. The van der Waals surface area contributed by atoms with Crippen molar-refractivity contribution in [3.63, 3.8) is 0 Å². The van der Waals surface area contributed by atoms with E-state index in [1.807, 2.05) is 18.3 Å². The number of aromatic nitrogens is 2. The molecule has 6 nitrogen and oxygen atoms in total. The summed E-state index contributed by atoms with van der Waals surface area (Å²) in [5.74, 6) is 0.468. The van der Waals surface area contributed by atoms with Crippen LogP contribution < -0.4 is 10.2 Å². The van der Waals surface area contributed by atoms with Gasteiger partial charge in [-0.2, -0.15) is 0 Å². The molecule has 1 N–H and O–H groups in total. The standard InChI is InChI=1S/C26H32N4O2S/c1-2-19-7-9-21(10-8-19)30-14-4-5-23(30)22-18-33-26(27-22)28-25(31)24-6-3-13-29(24)17-20-11-15-32-16-12-20/h3,6-10,13,18,20,23H,2,4-5,11-12,14-17H2,1H3,(H,27,28,31). The van der Waals surface area contributed by atoms with Crippen molar-refractivity contribution in [2.45, 2.75) is 51.6 Å². The van der Waals surface area contributed by atoms with Crippen LogP contribution in [0.15, 0.2) is 48.0 Å². The SMILES string of the molecule is CCc1ccc(N2CCCC2c2csc(NC(=O)c3cccn3CC3CCOCC3)n2)cc1. The van der Waals surface area contributed by atoms with Crippen molar-refractivity contribution in [1.29, 1.82) is 0 Å². The first-order valence-corrected chi connectivity index (χ1v) is 12.9. The highest BCUT2D eigenvalue weighted by molar-refractivity contribution is 7.14. The predicted molar refractivity (Wildman–Crippen MR) is 133 cm³/mol. The van der Waals surface area contributed by atoms with Crippen molar-refractivity contribution >= 4 is 28.1 Å². The molecule has 2 fully saturated rings. The number of rotatable bonds is 7. The van der Waals surface area contributed by atoms with Gasteiger partial charge in [-0.15, -0.1) is 11.3 Å². The lowest BCUT2D eigenvalue weighted by Gasteiger charge is -2.25. The van der Waals surface area contributed by atoms with E-state index in [4.69, 9.17) is 9.72 Å². The topological polar surface area (TPSA) is 59.4 Å². The number of hydrogen-bond donors (Lipinski definition) is 1. The van der Waals surface area contributed by atoms with Crippen molar-refractivity contribution in [2.24, 2.45) is 5.92 Å². The van der Waals surface area contributed by atoms with Gasteiger partial charge in [-0.25, -0.2) is 4.98 Å². The van der Waals surface area contributed by atoms with E-state index < -0.39 is 0 Å². The number of thiazole rings is 1. The summed E-state index contributed by atoms with van der Waals surface area (Å²) in [6.45, 7) is 5.71. The fourth-order valence-electron chi connectivity index (χ4n) is 4.95. The second-order valence-electron chi connectivity index (χ2n) is 9.00. The van der Waals surface area contributed by atoms with Gasteiger partial charge in [-0.05, 0) is 67.9 Å². The van der Waals surface area contributed by atoms with Crippen molar-refractivity contribution in [3.8, 4) is 0 Å². The number of anilines is 2. The fraction of sp³-hybridized carbons (Fsp3) is 0.462. The molecule has 1 unspecified atom stereocenters. The molecule has 2 aliphatic rings. The number of carbonyl (C=O) groups excluding carboxylic acids is 1. The largest absolute Gasteiger partial charge is 0.381 e. The molecule has 4 heterocycles. The van der Waals surface area contributed by atoms with E-state index in [0.29, 0.717) is 16.7 Å². The molecule has 1 amide bonds. The van der Waals surface area contributed by atoms with E-state index >= 15 is 0 Å². The van der Waals surface area contributed by atoms with Gasteiger partial charge in [-0.1, -0.05) is 19.1 Å². The van der Waals surface area contributed by atoms with Crippen LogP contribution in [0.5, 0.6) is 0 Å². The molecule has 0 bridgehead atoms. The van der Waals surface area contributed by atoms with Gasteiger partial charge in [0.25, 0.3) is 5.91 Å². The van der Waals surface area contributed by atoms with E-state index in [0.717, 1.165) is 64.1 Å². The van der Waals surface area contributed by atoms with Gasteiger partial charge >= 0.3 is 0 Å². The molecule has 2 aromatic heterocycles. The summed E-state index contributed by atoms with van der Waals surface area (Å²) in [5.41, 5.74) is 4.34. The molecule has 3 aromatic rings. The highest BCUT2D eigenvalue weighted by Crippen LogP contribution is 2.37. The Hall–Kier alpha value is -2.64. The third-order valence-corrected chi connectivity index (χ3v) is 7.65. The molecule has 0 spiro atoms. The lowest BCUT2D eigenvalue weighted by atomic mass is 10.0. The molecule has 174 valence electrons. The van der Waals surface area contributed by atoms with E-state index in [2.05, 4.69) is 51.4 Å². The van der Waals surface area contributed by atoms with Crippen molar-refractivity contribution < 1.29 is 9.53 Å². The molecular formula is C26H32N4O2S. The van der Waals surface area contributed by atoms with Crippen LogP contribution in [0.1, 0.15) is 60.4 Å². The van der Waals surface area contributed by atoms with Crippen LogP contribution in [0.3, 0.4) is 0 Å². The Morgan fingerprint density at radius 2 is 2.00 bits per heavy atom. The summed E-state index contributed by atoms with van der Waals surface area (Å²) in [6, 6.07) is 13.0. The second-order valence-corrected chi connectivity index (χ2v) is 9.86. The Kier molecular flexibility index (Phi) is 6.78. The molecule has 2 aliphatic heterocycles. The molecule has 2 saturated heterocycles. The number of carbonyl (C=O) groups is 1. The summed E-state index contributed by atoms with van der Waals surface area (Å²) >= 11 is 1.51. The minimum absolute atomic E-state index is 0.0913. The average molecular weight is 465 g/mol. The van der Waals surface area contributed by atoms with Crippen LogP contribution >= 0.6 is 11.3 Å². The maximum absolute atomic E-state index is 13.0. The Morgan fingerprint density at radius 1 is 1.18 bits per heavy atom. The minimum atomic E-state index is -0.0913. The molecule has 7 heteroatoms. The highest BCUT2D eigenvalue weighted by atomic mass is 32.1. The van der Waals surface area contributed by atoms with Crippen molar-refractivity contribution in [1.82, 2.24) is 9.55 Å². The minimum Gasteiger partial charge on any atom is -0.381 e. The normalized spacial score (nSPS) is 19.2. The first kappa shape index (κ1) is 22.2. The predicted octanol–water partition coefficient (Wildman–Crippen LogP) is 5.53. The van der Waals surface area contributed by atoms with Crippen LogP contribution in [0.25, 0.3) is 0 Å². The maximum atomic E-state index is 13.0. The average Bonchev–Trinajstić information content (AvgIpc) is 3.60. The van der Waals surface area contributed by atoms with Gasteiger partial charge in [0.05, 0.1) is 11.7 Å². The number of benzene rings is 1. The summed E-state index contributed by atoms with van der Waals surface area (Å²) < 4.78 is 7.54. The van der Waals surface area contributed by atoms with Gasteiger partial charge < -0.3 is 14.2 Å². The van der Waals surface area contributed by atoms with Gasteiger partial charge in [0.2, 0.25) is 0 Å². The zero-order valence-electron chi connectivity index (χ0n) is 19.2. The van der Waals surface area contributed by atoms with E-state index in [1.54, 1.807) is 0 Å². The summed E-state index contributed by atoms with van der Waals surface area (Å²) in [5, 5.41) is 5.81. The van der Waals surface area contributed by atoms with E-state index in [9.17, 15) is 4.79 Å². The summed E-state index contributed by atoms with van der Waals surface area (Å²) in [7, 11) is 0. The number of ether oxygens (including phenoxy) is 1. The van der Waals surface area contributed by atoms with Crippen molar-refractivity contribution in [2.75, 3.05) is 30.0 Å². The molecular weight excluding hydrogens is 432 g/mol. The number of amides is 1. The highest BCUT2D eigenvalue weighted by Gasteiger charge is 2.28. The molecule has 5 rings (SSSR count). The van der Waals surface area contributed by atoms with Gasteiger partial charge in [-0.3, -0.25) is 10.1 Å². The van der Waals surface area contributed by atoms with Crippen LogP contribution in [-0.2, 0) is 17.7 Å². The van der Waals surface area contributed by atoms with Gasteiger partial charge in [0, 0.05) is 43.6 Å². The first-order chi connectivity index (χ1) is 16.2. The maximum Gasteiger partial charge on any atom is 0.274 e. The molecule has 1 aromatic carbocycles. The monoisotopic (exact) mass is 464 g/mol. The van der Waals surface area contributed by atoms with Crippen LogP contribution in [-0.4, -0.2) is 35.2 Å². The Labute approximate surface area is 199 Å². The van der Waals surface area contributed by atoms with E-state index in [-0.39, 0.29) is 11.9 Å². The molecule has 0 radical (unpaired) electrons. The lowest BCUT2D eigenvalue weighted by Crippen LogP contribution is -2.24. The first-order valence-electron chi connectivity index (χ1n) is 12.1. The van der Waals surface area contributed by atoms with Gasteiger partial charge in [0.15, 0.2) is 5.13 Å². The Balaban J connectivity index is 1.25. The smallest absolute Gasteiger partial charge is 0.274 e. The lowest BCUT2D eigenvalue weighted by molar-refractivity contribution is 0.0610. The second kappa shape index (κ2) is 10.1. The van der Waals surface area contributed by atoms with Crippen molar-refractivity contribution in [3.05, 3.63) is 64.9 Å². The summed E-state index contributed by atoms with van der Waals surface area (Å²) in [4.78, 5) is 20.3. The number of nitrogens with one attached hydrogen (secondary N) is 1. The molecule has 33 heavy (non-hydrogen) atoms. The number of aryl methyl sites for hydroxylation is 1. The van der Waals surface area contributed by atoms with Crippen LogP contribution in [0.4, 0.5) is 10.8 Å². The quantitative estimate of drug-likeness (QED) is 0.500. The van der Waals surface area contributed by atoms with Crippen LogP contribution in [0.2, 0.25) is 0 Å². The fourth-order valence-corrected chi connectivity index (χ4v) is 5.70. The zero-order valence-corrected chi connectivity index (χ0v) is 20.0. The molecule has 1 atom stereocenters. The number of hydrogen-bond acceptors (Lipinski definition) is 5. The summed E-state index contributed by atoms with van der Waals surface area (Å²) in [6.07, 6.45) is 7.39. The zero-order chi connectivity index (χ0) is 22.6. The Morgan fingerprint density at radius 3 is 2.79 bits per heavy atom.